The van der Waals surface area contributed by atoms with E-state index in [4.69, 9.17) is 10.2 Å². The Labute approximate surface area is 112 Å². The molecule has 0 bridgehead atoms. The minimum atomic E-state index is -1.70. The molecule has 0 aliphatic carbocycles. The van der Waals surface area contributed by atoms with Crippen LogP contribution in [0.15, 0.2) is 0 Å². The van der Waals surface area contributed by atoms with E-state index in [2.05, 4.69) is 33.9 Å². The summed E-state index contributed by atoms with van der Waals surface area (Å²) in [6.07, 6.45) is 1.82. The number of amides is 1. The zero-order valence-electron chi connectivity index (χ0n) is 12.5. The van der Waals surface area contributed by atoms with Crippen molar-refractivity contribution in [2.45, 2.75) is 57.8 Å². The zero-order chi connectivity index (χ0) is 14.0. The molecule has 2 N–H and O–H groups in total. The smallest absolute Gasteiger partial charge is 0.239 e. The van der Waals surface area contributed by atoms with E-state index >= 15 is 0 Å². The Bertz CT molecular complexity index is 300. The van der Waals surface area contributed by atoms with Crippen molar-refractivity contribution in [2.75, 3.05) is 19.7 Å². The lowest BCUT2D eigenvalue weighted by Crippen LogP contribution is -2.50. The molecule has 0 radical (unpaired) electrons. The lowest BCUT2D eigenvalue weighted by atomic mass is 10.1. The maximum Gasteiger partial charge on any atom is 0.239 e. The first-order valence-corrected chi connectivity index (χ1v) is 9.74. The number of piperidine rings is 1. The van der Waals surface area contributed by atoms with Crippen molar-refractivity contribution in [1.29, 1.82) is 0 Å². The third-order valence-electron chi connectivity index (χ3n) is 4.20. The maximum atomic E-state index is 11.8. The molecule has 0 aromatic rings. The molecule has 5 heteroatoms. The molecule has 18 heavy (non-hydrogen) atoms. The van der Waals surface area contributed by atoms with Crippen LogP contribution in [0.3, 0.4) is 0 Å². The molecule has 1 fully saturated rings. The van der Waals surface area contributed by atoms with Gasteiger partial charge in [0.1, 0.15) is 0 Å². The fourth-order valence-corrected chi connectivity index (χ4v) is 2.85. The minimum Gasteiger partial charge on any atom is -0.415 e. The number of carbonyl (C=O) groups excluding carboxylic acids is 1. The van der Waals surface area contributed by atoms with Crippen molar-refractivity contribution < 1.29 is 9.22 Å². The van der Waals surface area contributed by atoms with Gasteiger partial charge in [-0.2, -0.15) is 0 Å². The summed E-state index contributed by atoms with van der Waals surface area (Å²) in [7, 11) is -1.70. The molecule has 0 unspecified atom stereocenters. The fourth-order valence-electron chi connectivity index (χ4n) is 1.82. The molecule has 4 nitrogen and oxygen atoms in total. The molecule has 0 saturated carbocycles. The van der Waals surface area contributed by atoms with Gasteiger partial charge in [0, 0.05) is 13.1 Å². The first-order valence-electron chi connectivity index (χ1n) is 6.83. The van der Waals surface area contributed by atoms with Gasteiger partial charge in [-0.1, -0.05) is 20.8 Å². The predicted octanol–water partition coefficient (Wildman–Crippen LogP) is 1.96. The maximum absolute atomic E-state index is 11.8. The monoisotopic (exact) mass is 272 g/mol. The van der Waals surface area contributed by atoms with Crippen molar-refractivity contribution >= 4 is 14.2 Å². The second kappa shape index (κ2) is 5.71. The molecule has 1 aliphatic rings. The van der Waals surface area contributed by atoms with Crippen LogP contribution in [0.1, 0.15) is 33.6 Å². The summed E-state index contributed by atoms with van der Waals surface area (Å²) in [6, 6.07) is -0.299. The Kier molecular flexibility index (Phi) is 4.97. The fraction of sp³-hybridized carbons (Fsp3) is 0.923. The van der Waals surface area contributed by atoms with Crippen LogP contribution in [0.2, 0.25) is 18.1 Å². The van der Waals surface area contributed by atoms with Gasteiger partial charge in [-0.05, 0) is 31.0 Å². The van der Waals surface area contributed by atoms with Crippen molar-refractivity contribution in [3.05, 3.63) is 0 Å². The minimum absolute atomic E-state index is 0.0834. The Balaban J connectivity index is 2.40. The van der Waals surface area contributed by atoms with Gasteiger partial charge < -0.3 is 15.1 Å². The van der Waals surface area contributed by atoms with E-state index in [1.807, 2.05) is 4.90 Å². The third kappa shape index (κ3) is 3.80. The largest absolute Gasteiger partial charge is 0.415 e. The van der Waals surface area contributed by atoms with Crippen LogP contribution in [0.25, 0.3) is 0 Å². The zero-order valence-corrected chi connectivity index (χ0v) is 13.5. The molecule has 1 heterocycles. The van der Waals surface area contributed by atoms with E-state index in [0.29, 0.717) is 13.2 Å². The third-order valence-corrected chi connectivity index (χ3v) is 8.74. The molecule has 1 rings (SSSR count). The van der Waals surface area contributed by atoms with Crippen molar-refractivity contribution in [1.82, 2.24) is 4.90 Å². The average Bonchev–Trinajstić information content (AvgIpc) is 2.22. The Morgan fingerprint density at radius 2 is 2.06 bits per heavy atom. The van der Waals surface area contributed by atoms with Crippen LogP contribution in [0.4, 0.5) is 0 Å². The van der Waals surface area contributed by atoms with Gasteiger partial charge in [-0.25, -0.2) is 0 Å². The SMILES string of the molecule is CC(C)(C)[Si](C)(C)OCCN1CCC[C@H](N)C1=O. The number of carbonyl (C=O) groups is 1. The highest BCUT2D eigenvalue weighted by atomic mass is 28.4. The van der Waals surface area contributed by atoms with Gasteiger partial charge in [-0.15, -0.1) is 0 Å². The molecular formula is C13H28N2O2Si. The Hall–Kier alpha value is -0.393. The summed E-state index contributed by atoms with van der Waals surface area (Å²) in [6.45, 7) is 13.3. The standard InChI is InChI=1S/C13H28N2O2Si/c1-13(2,3)18(4,5)17-10-9-15-8-6-7-11(14)12(15)16/h11H,6-10,14H2,1-5H3/t11-/m0/s1. The molecule has 1 amide bonds. The van der Waals surface area contributed by atoms with E-state index in [0.717, 1.165) is 19.4 Å². The molecular weight excluding hydrogens is 244 g/mol. The van der Waals surface area contributed by atoms with Gasteiger partial charge in [-0.3, -0.25) is 4.79 Å². The summed E-state index contributed by atoms with van der Waals surface area (Å²) in [5.74, 6) is 0.0834. The summed E-state index contributed by atoms with van der Waals surface area (Å²) in [4.78, 5) is 13.7. The topological polar surface area (TPSA) is 55.6 Å². The van der Waals surface area contributed by atoms with Crippen LogP contribution in [-0.2, 0) is 9.22 Å². The van der Waals surface area contributed by atoms with E-state index in [-0.39, 0.29) is 17.0 Å². The molecule has 1 aliphatic heterocycles. The summed E-state index contributed by atoms with van der Waals surface area (Å²) < 4.78 is 6.08. The first-order chi connectivity index (χ1) is 8.15. The predicted molar refractivity (Wildman–Crippen MR) is 76.9 cm³/mol. The first kappa shape index (κ1) is 15.7. The molecule has 106 valence electrons. The lowest BCUT2D eigenvalue weighted by Gasteiger charge is -2.37. The van der Waals surface area contributed by atoms with E-state index < -0.39 is 8.32 Å². The normalized spacial score (nSPS) is 22.4. The van der Waals surface area contributed by atoms with Gasteiger partial charge in [0.25, 0.3) is 0 Å². The second-order valence-corrected chi connectivity index (χ2v) is 11.5. The van der Waals surface area contributed by atoms with Crippen LogP contribution in [0, 0.1) is 0 Å². The van der Waals surface area contributed by atoms with Crippen molar-refractivity contribution in [3.8, 4) is 0 Å². The van der Waals surface area contributed by atoms with Gasteiger partial charge in [0.2, 0.25) is 5.91 Å². The highest BCUT2D eigenvalue weighted by Gasteiger charge is 2.37. The van der Waals surface area contributed by atoms with Crippen LogP contribution >= 0.6 is 0 Å². The lowest BCUT2D eigenvalue weighted by molar-refractivity contribution is -0.135. The number of hydrogen-bond acceptors (Lipinski definition) is 3. The highest BCUT2D eigenvalue weighted by Crippen LogP contribution is 2.36. The Morgan fingerprint density at radius 1 is 1.44 bits per heavy atom. The molecule has 0 spiro atoms. The van der Waals surface area contributed by atoms with Crippen LogP contribution in [0.5, 0.6) is 0 Å². The summed E-state index contributed by atoms with van der Waals surface area (Å²) in [5, 5.41) is 0.218. The van der Waals surface area contributed by atoms with Gasteiger partial charge in [0.05, 0.1) is 12.6 Å². The number of rotatable bonds is 4. The number of nitrogens with zero attached hydrogens (tertiary/aromatic N) is 1. The number of nitrogens with two attached hydrogens (primary N) is 1. The number of likely N-dealkylation sites (tertiary alicyclic amines) is 1. The number of hydrogen-bond donors (Lipinski definition) is 1. The quantitative estimate of drug-likeness (QED) is 0.796. The molecule has 1 atom stereocenters. The van der Waals surface area contributed by atoms with Gasteiger partial charge in [0.15, 0.2) is 8.32 Å². The highest BCUT2D eigenvalue weighted by molar-refractivity contribution is 6.74. The van der Waals surface area contributed by atoms with Crippen LogP contribution in [-0.4, -0.2) is 44.9 Å². The summed E-state index contributed by atoms with van der Waals surface area (Å²) in [5.41, 5.74) is 5.77. The van der Waals surface area contributed by atoms with E-state index in [1.165, 1.54) is 0 Å². The van der Waals surface area contributed by atoms with Crippen LogP contribution < -0.4 is 5.73 Å². The van der Waals surface area contributed by atoms with Crippen molar-refractivity contribution in [3.63, 3.8) is 0 Å². The second-order valence-electron chi connectivity index (χ2n) is 6.68. The average molecular weight is 272 g/mol. The molecule has 1 saturated heterocycles. The van der Waals surface area contributed by atoms with Gasteiger partial charge >= 0.3 is 0 Å². The molecule has 0 aromatic heterocycles. The molecule has 0 aromatic carbocycles. The Morgan fingerprint density at radius 3 is 2.61 bits per heavy atom. The van der Waals surface area contributed by atoms with E-state index in [9.17, 15) is 4.79 Å². The summed E-state index contributed by atoms with van der Waals surface area (Å²) >= 11 is 0. The van der Waals surface area contributed by atoms with Crippen molar-refractivity contribution in [2.24, 2.45) is 5.73 Å². The van der Waals surface area contributed by atoms with E-state index in [1.54, 1.807) is 0 Å².